The van der Waals surface area contributed by atoms with Gasteiger partial charge in [-0.3, -0.25) is 4.79 Å². The third-order valence-electron chi connectivity index (χ3n) is 3.50. The quantitative estimate of drug-likeness (QED) is 0.831. The predicted molar refractivity (Wildman–Crippen MR) is 72.2 cm³/mol. The lowest BCUT2D eigenvalue weighted by Crippen LogP contribution is -2.30. The van der Waals surface area contributed by atoms with Crippen LogP contribution in [0.25, 0.3) is 0 Å². The van der Waals surface area contributed by atoms with Gasteiger partial charge in [0.15, 0.2) is 5.78 Å². The van der Waals surface area contributed by atoms with Crippen LogP contribution >= 0.6 is 0 Å². The van der Waals surface area contributed by atoms with Crippen LogP contribution in [0.4, 0.5) is 0 Å². The van der Waals surface area contributed by atoms with Gasteiger partial charge in [-0.2, -0.15) is 0 Å². The zero-order valence-corrected chi connectivity index (χ0v) is 10.9. The van der Waals surface area contributed by atoms with E-state index in [0.29, 0.717) is 23.8 Å². The Morgan fingerprint density at radius 1 is 1.33 bits per heavy atom. The molecule has 1 aromatic carbocycles. The van der Waals surface area contributed by atoms with Crippen LogP contribution in [-0.4, -0.2) is 25.5 Å². The van der Waals surface area contributed by atoms with Crippen molar-refractivity contribution in [3.63, 3.8) is 0 Å². The number of Topliss-reactive ketones (excluding diaryl/α,β-unsaturated/α-hetero) is 1. The van der Waals surface area contributed by atoms with Crippen molar-refractivity contribution in [1.29, 1.82) is 0 Å². The smallest absolute Gasteiger partial charge is 0.168 e. The fourth-order valence-corrected chi connectivity index (χ4v) is 2.48. The van der Waals surface area contributed by atoms with Crippen LogP contribution in [0.15, 0.2) is 24.3 Å². The van der Waals surface area contributed by atoms with Gasteiger partial charge in [-0.15, -0.1) is 0 Å². The van der Waals surface area contributed by atoms with Gasteiger partial charge in [-0.1, -0.05) is 25.0 Å². The average molecular weight is 247 g/mol. The minimum atomic E-state index is 0.173. The number of carbonyl (C=O) groups is 1. The Labute approximate surface area is 109 Å². The lowest BCUT2D eigenvalue weighted by molar-refractivity contribution is 0.0965. The molecular weight excluding hydrogens is 226 g/mol. The van der Waals surface area contributed by atoms with Gasteiger partial charge in [-0.05, 0) is 31.5 Å². The Kier molecular flexibility index (Phi) is 4.76. The standard InChI is InChI=1S/C15H21NO2/c1-18-15-9-5-4-8-13(15)14(17)11-12-7-3-2-6-10-16-12/h4-5,8-9,12,16H,2-3,6-7,10-11H2,1H3. The summed E-state index contributed by atoms with van der Waals surface area (Å²) in [5, 5.41) is 3.46. The maximum atomic E-state index is 12.3. The summed E-state index contributed by atoms with van der Waals surface area (Å²) in [6.45, 7) is 1.03. The number of hydrogen-bond donors (Lipinski definition) is 1. The molecule has 1 unspecified atom stereocenters. The summed E-state index contributed by atoms with van der Waals surface area (Å²) in [5.41, 5.74) is 0.700. The van der Waals surface area contributed by atoms with Crippen LogP contribution in [0.5, 0.6) is 5.75 Å². The van der Waals surface area contributed by atoms with Crippen molar-refractivity contribution in [2.24, 2.45) is 0 Å². The van der Waals surface area contributed by atoms with Gasteiger partial charge >= 0.3 is 0 Å². The molecule has 0 spiro atoms. The van der Waals surface area contributed by atoms with E-state index in [1.165, 1.54) is 19.3 Å². The topological polar surface area (TPSA) is 38.3 Å². The van der Waals surface area contributed by atoms with E-state index in [9.17, 15) is 4.79 Å². The van der Waals surface area contributed by atoms with Gasteiger partial charge < -0.3 is 10.1 Å². The highest BCUT2D eigenvalue weighted by Crippen LogP contribution is 2.21. The maximum Gasteiger partial charge on any atom is 0.168 e. The van der Waals surface area contributed by atoms with Crippen LogP contribution in [0.2, 0.25) is 0 Å². The van der Waals surface area contributed by atoms with Crippen LogP contribution in [0.1, 0.15) is 42.5 Å². The van der Waals surface area contributed by atoms with Crippen molar-refractivity contribution in [3.8, 4) is 5.75 Å². The maximum absolute atomic E-state index is 12.3. The van der Waals surface area contributed by atoms with E-state index in [4.69, 9.17) is 4.74 Å². The van der Waals surface area contributed by atoms with Crippen LogP contribution in [0.3, 0.4) is 0 Å². The van der Waals surface area contributed by atoms with E-state index in [-0.39, 0.29) is 5.78 Å². The molecule has 3 heteroatoms. The number of nitrogens with one attached hydrogen (secondary N) is 1. The number of hydrogen-bond acceptors (Lipinski definition) is 3. The number of ketones is 1. The van der Waals surface area contributed by atoms with E-state index < -0.39 is 0 Å². The molecule has 2 rings (SSSR count). The molecule has 1 heterocycles. The molecule has 0 saturated carbocycles. The number of methoxy groups -OCH3 is 1. The van der Waals surface area contributed by atoms with E-state index >= 15 is 0 Å². The number of para-hydroxylation sites is 1. The third-order valence-corrected chi connectivity index (χ3v) is 3.50. The SMILES string of the molecule is COc1ccccc1C(=O)CC1CCCCCN1. The Bertz CT molecular complexity index is 395. The van der Waals surface area contributed by atoms with E-state index in [2.05, 4.69) is 5.32 Å². The van der Waals surface area contributed by atoms with Gasteiger partial charge in [-0.25, -0.2) is 0 Å². The molecule has 0 radical (unpaired) electrons. The first-order chi connectivity index (χ1) is 8.81. The molecule has 0 aromatic heterocycles. The fourth-order valence-electron chi connectivity index (χ4n) is 2.48. The summed E-state index contributed by atoms with van der Waals surface area (Å²) in [6.07, 6.45) is 5.38. The van der Waals surface area contributed by atoms with Crippen LogP contribution in [0, 0.1) is 0 Å². The second kappa shape index (κ2) is 6.55. The molecule has 0 aliphatic carbocycles. The van der Waals surface area contributed by atoms with Crippen molar-refractivity contribution in [2.75, 3.05) is 13.7 Å². The van der Waals surface area contributed by atoms with E-state index in [0.717, 1.165) is 13.0 Å². The van der Waals surface area contributed by atoms with Crippen molar-refractivity contribution < 1.29 is 9.53 Å². The first kappa shape index (κ1) is 13.1. The zero-order chi connectivity index (χ0) is 12.8. The highest BCUT2D eigenvalue weighted by Gasteiger charge is 2.18. The third kappa shape index (κ3) is 3.33. The largest absolute Gasteiger partial charge is 0.496 e. The van der Waals surface area contributed by atoms with Crippen molar-refractivity contribution in [2.45, 2.75) is 38.1 Å². The summed E-state index contributed by atoms with van der Waals surface area (Å²) in [5.74, 6) is 0.850. The molecular formula is C15H21NO2. The van der Waals surface area contributed by atoms with Gasteiger partial charge in [0.1, 0.15) is 5.75 Å². The summed E-state index contributed by atoms with van der Waals surface area (Å²) in [4.78, 5) is 12.3. The molecule has 1 aliphatic heterocycles. The van der Waals surface area contributed by atoms with Gasteiger partial charge in [0, 0.05) is 12.5 Å². The highest BCUT2D eigenvalue weighted by molar-refractivity contribution is 5.99. The molecule has 1 saturated heterocycles. The molecule has 1 N–H and O–H groups in total. The summed E-state index contributed by atoms with van der Waals surface area (Å²) >= 11 is 0. The summed E-state index contributed by atoms with van der Waals surface area (Å²) in [7, 11) is 1.61. The molecule has 1 aromatic rings. The molecule has 18 heavy (non-hydrogen) atoms. The minimum Gasteiger partial charge on any atom is -0.496 e. The Morgan fingerprint density at radius 3 is 3.00 bits per heavy atom. The van der Waals surface area contributed by atoms with E-state index in [1.807, 2.05) is 24.3 Å². The van der Waals surface area contributed by atoms with Gasteiger partial charge in [0.2, 0.25) is 0 Å². The van der Waals surface area contributed by atoms with E-state index in [1.54, 1.807) is 7.11 Å². The van der Waals surface area contributed by atoms with Crippen molar-refractivity contribution >= 4 is 5.78 Å². The number of carbonyl (C=O) groups excluding carboxylic acids is 1. The molecule has 1 aliphatic rings. The number of rotatable bonds is 4. The van der Waals surface area contributed by atoms with Crippen LogP contribution < -0.4 is 10.1 Å². The predicted octanol–water partition coefficient (Wildman–Crippen LogP) is 2.80. The molecule has 1 fully saturated rings. The summed E-state index contributed by atoms with van der Waals surface area (Å²) in [6, 6.07) is 7.78. The number of benzene rings is 1. The molecule has 0 amide bonds. The van der Waals surface area contributed by atoms with Crippen LogP contribution in [-0.2, 0) is 0 Å². The second-order valence-electron chi connectivity index (χ2n) is 4.83. The second-order valence-corrected chi connectivity index (χ2v) is 4.83. The highest BCUT2D eigenvalue weighted by atomic mass is 16.5. The minimum absolute atomic E-state index is 0.173. The molecule has 0 bridgehead atoms. The number of ether oxygens (including phenoxy) is 1. The lowest BCUT2D eigenvalue weighted by atomic mass is 10.00. The van der Waals surface area contributed by atoms with Crippen molar-refractivity contribution in [1.82, 2.24) is 5.32 Å². The zero-order valence-electron chi connectivity index (χ0n) is 10.9. The van der Waals surface area contributed by atoms with Gasteiger partial charge in [0.05, 0.1) is 12.7 Å². The van der Waals surface area contributed by atoms with Crippen molar-refractivity contribution in [3.05, 3.63) is 29.8 Å². The summed E-state index contributed by atoms with van der Waals surface area (Å²) < 4.78 is 5.24. The first-order valence-electron chi connectivity index (χ1n) is 6.71. The first-order valence-corrected chi connectivity index (χ1v) is 6.71. The Hall–Kier alpha value is -1.35. The average Bonchev–Trinajstić information content (AvgIpc) is 2.67. The van der Waals surface area contributed by atoms with Gasteiger partial charge in [0.25, 0.3) is 0 Å². The molecule has 3 nitrogen and oxygen atoms in total. The fraction of sp³-hybridized carbons (Fsp3) is 0.533. The molecule has 1 atom stereocenters. The molecule has 98 valence electrons. The Morgan fingerprint density at radius 2 is 2.17 bits per heavy atom. The lowest BCUT2D eigenvalue weighted by Gasteiger charge is -2.15. The Balaban J connectivity index is 2.02. The normalized spacial score (nSPS) is 20.2. The monoisotopic (exact) mass is 247 g/mol.